The van der Waals surface area contributed by atoms with Crippen molar-refractivity contribution in [2.24, 2.45) is 0 Å². The van der Waals surface area contributed by atoms with Crippen LogP contribution in [0.5, 0.6) is 0 Å². The minimum absolute atomic E-state index is 0.202. The zero-order valence-corrected chi connectivity index (χ0v) is 25.4. The molecular formula is C30H37N9O3S. The molecule has 4 aromatic heterocycles. The Bertz CT molecular complexity index is 1710. The molecule has 4 aromatic rings. The van der Waals surface area contributed by atoms with Gasteiger partial charge in [0.15, 0.2) is 5.82 Å². The van der Waals surface area contributed by atoms with Gasteiger partial charge in [0.2, 0.25) is 0 Å². The molecule has 6 rings (SSSR count). The average Bonchev–Trinajstić information content (AvgIpc) is 3.71. The molecule has 3 N–H and O–H groups in total. The van der Waals surface area contributed by atoms with Crippen molar-refractivity contribution < 1.29 is 13.5 Å². The second-order valence-corrected chi connectivity index (χ2v) is 14.1. The molecule has 0 aromatic carbocycles. The number of aliphatic hydroxyl groups is 1. The lowest BCUT2D eigenvalue weighted by Crippen LogP contribution is -2.35. The molecule has 2 fully saturated rings. The number of aromatic nitrogens is 6. The molecule has 0 radical (unpaired) electrons. The Kier molecular flexibility index (Phi) is 7.88. The molecule has 2 aliphatic carbocycles. The second kappa shape index (κ2) is 11.6. The maximum Gasteiger partial charge on any atom is 0.256 e. The van der Waals surface area contributed by atoms with Crippen LogP contribution in [-0.4, -0.2) is 78.5 Å². The largest absolute Gasteiger partial charge is 0.390 e. The third-order valence-electron chi connectivity index (χ3n) is 7.86. The zero-order chi connectivity index (χ0) is 30.2. The first kappa shape index (κ1) is 29.1. The Hall–Kier alpha value is -3.94. The lowest BCUT2D eigenvalue weighted by Gasteiger charge is -2.34. The number of rotatable bonds is 10. The molecule has 0 saturated heterocycles. The molecule has 2 saturated carbocycles. The fourth-order valence-corrected chi connectivity index (χ4v) is 6.79. The van der Waals surface area contributed by atoms with Crippen LogP contribution in [0.4, 0.5) is 17.3 Å². The van der Waals surface area contributed by atoms with Gasteiger partial charge in [0, 0.05) is 48.5 Å². The van der Waals surface area contributed by atoms with Crippen LogP contribution < -0.4 is 10.6 Å². The highest BCUT2D eigenvalue weighted by Gasteiger charge is 2.37. The van der Waals surface area contributed by atoms with Gasteiger partial charge in [0.1, 0.15) is 11.6 Å². The summed E-state index contributed by atoms with van der Waals surface area (Å²) in [7, 11) is 0.596. The van der Waals surface area contributed by atoms with E-state index >= 15 is 0 Å². The summed E-state index contributed by atoms with van der Waals surface area (Å²) in [6, 6.07) is 7.98. The van der Waals surface area contributed by atoms with E-state index in [0.29, 0.717) is 35.9 Å². The van der Waals surface area contributed by atoms with Gasteiger partial charge in [-0.2, -0.15) is 9.19 Å². The smallest absolute Gasteiger partial charge is 0.256 e. The normalized spacial score (nSPS) is 20.7. The maximum atomic E-state index is 12.6. The van der Waals surface area contributed by atoms with Crippen LogP contribution in [0.1, 0.15) is 51.0 Å². The molecule has 226 valence electrons. The lowest BCUT2D eigenvalue weighted by molar-refractivity contribution is 0.0196. The topological polar surface area (TPSA) is 151 Å². The Labute approximate surface area is 251 Å². The van der Waals surface area contributed by atoms with Gasteiger partial charge in [-0.1, -0.05) is 0 Å². The van der Waals surface area contributed by atoms with Crippen molar-refractivity contribution in [2.75, 3.05) is 24.7 Å². The lowest BCUT2D eigenvalue weighted by atomic mass is 9.83. The molecular weight excluding hydrogens is 566 g/mol. The van der Waals surface area contributed by atoms with Crippen molar-refractivity contribution >= 4 is 27.3 Å². The van der Waals surface area contributed by atoms with E-state index in [1.807, 2.05) is 39.3 Å². The van der Waals surface area contributed by atoms with Gasteiger partial charge in [0.25, 0.3) is 10.0 Å². The monoisotopic (exact) mass is 603 g/mol. The van der Waals surface area contributed by atoms with Crippen LogP contribution in [0.3, 0.4) is 0 Å². The van der Waals surface area contributed by atoms with Gasteiger partial charge in [-0.15, -0.1) is 0 Å². The van der Waals surface area contributed by atoms with E-state index in [2.05, 4.69) is 46.6 Å². The second-order valence-electron chi connectivity index (χ2n) is 12.1. The highest BCUT2D eigenvalue weighted by Crippen LogP contribution is 2.35. The summed E-state index contributed by atoms with van der Waals surface area (Å²) in [5.41, 5.74) is 3.63. The fourth-order valence-electron chi connectivity index (χ4n) is 5.31. The molecule has 0 bridgehead atoms. The highest BCUT2D eigenvalue weighted by atomic mass is 32.2. The summed E-state index contributed by atoms with van der Waals surface area (Å²) in [6.45, 7) is 2.70. The molecule has 0 amide bonds. The van der Waals surface area contributed by atoms with Crippen molar-refractivity contribution in [3.05, 3.63) is 60.8 Å². The van der Waals surface area contributed by atoms with E-state index in [4.69, 9.17) is 0 Å². The minimum atomic E-state index is -3.48. The standard InChI is InChI=1S/C30H37N9O3S/c1-30(40)10-6-22(7-11-30)35-26-15-28(33-17-24(26)25-14-20(8-12-31-25)18-38(2)3)36-27-9-13-32-29(37-27)21-16-34-39(19-21)43(41,42)23-4-5-23/h8-9,12-17,19,22-23,40H,4-7,10-11,18H2,1-3H3,(H2,32,33,35,36,37). The number of hydrogen-bond donors (Lipinski definition) is 3. The van der Waals surface area contributed by atoms with E-state index in [-0.39, 0.29) is 11.3 Å². The van der Waals surface area contributed by atoms with Crippen LogP contribution in [-0.2, 0) is 16.6 Å². The van der Waals surface area contributed by atoms with E-state index < -0.39 is 15.6 Å². The van der Waals surface area contributed by atoms with Crippen molar-refractivity contribution in [1.29, 1.82) is 0 Å². The van der Waals surface area contributed by atoms with E-state index in [0.717, 1.165) is 58.8 Å². The maximum absolute atomic E-state index is 12.6. The predicted molar refractivity (Wildman–Crippen MR) is 165 cm³/mol. The van der Waals surface area contributed by atoms with Gasteiger partial charge in [0.05, 0.1) is 34.5 Å². The number of pyridine rings is 2. The first-order valence-corrected chi connectivity index (χ1v) is 16.0. The van der Waals surface area contributed by atoms with Crippen LogP contribution in [0, 0.1) is 0 Å². The minimum Gasteiger partial charge on any atom is -0.390 e. The number of nitrogens with one attached hydrogen (secondary N) is 2. The molecule has 12 nitrogen and oxygen atoms in total. The SMILES string of the molecule is CN(C)Cc1ccnc(-c2cnc(Nc3ccnc(-c4cnn(S(=O)(=O)C5CC5)c4)n3)cc2NC2CCC(C)(O)CC2)c1. The number of hydrogen-bond acceptors (Lipinski definition) is 11. The first-order valence-electron chi connectivity index (χ1n) is 14.5. The van der Waals surface area contributed by atoms with E-state index in [1.54, 1.807) is 18.5 Å². The summed E-state index contributed by atoms with van der Waals surface area (Å²) in [6.07, 6.45) is 12.7. The molecule has 2 aliphatic rings. The van der Waals surface area contributed by atoms with Crippen LogP contribution in [0.15, 0.2) is 55.2 Å². The molecule has 4 heterocycles. The van der Waals surface area contributed by atoms with Gasteiger partial charge in [-0.25, -0.2) is 23.4 Å². The van der Waals surface area contributed by atoms with Crippen molar-refractivity contribution in [3.63, 3.8) is 0 Å². The number of anilines is 3. The van der Waals surface area contributed by atoms with E-state index in [1.165, 1.54) is 12.4 Å². The first-order chi connectivity index (χ1) is 20.6. The van der Waals surface area contributed by atoms with Crippen molar-refractivity contribution in [3.8, 4) is 22.6 Å². The summed E-state index contributed by atoms with van der Waals surface area (Å²) < 4.78 is 26.1. The summed E-state index contributed by atoms with van der Waals surface area (Å²) in [5, 5.41) is 21.1. The Morgan fingerprint density at radius 1 is 1.02 bits per heavy atom. The average molecular weight is 604 g/mol. The quantitative estimate of drug-likeness (QED) is 0.241. The zero-order valence-electron chi connectivity index (χ0n) is 24.6. The fraction of sp³-hybridized carbons (Fsp3) is 0.433. The summed E-state index contributed by atoms with van der Waals surface area (Å²) in [5.74, 6) is 1.44. The highest BCUT2D eigenvalue weighted by molar-refractivity contribution is 7.90. The summed E-state index contributed by atoms with van der Waals surface area (Å²) >= 11 is 0. The Morgan fingerprint density at radius 2 is 1.79 bits per heavy atom. The van der Waals surface area contributed by atoms with Gasteiger partial charge < -0.3 is 20.6 Å². The Morgan fingerprint density at radius 3 is 2.53 bits per heavy atom. The third kappa shape index (κ3) is 6.84. The van der Waals surface area contributed by atoms with Gasteiger partial charge in [-0.3, -0.25) is 4.98 Å². The molecule has 0 spiro atoms. The predicted octanol–water partition coefficient (Wildman–Crippen LogP) is 4.05. The van der Waals surface area contributed by atoms with Crippen LogP contribution in [0.2, 0.25) is 0 Å². The molecule has 13 heteroatoms. The third-order valence-corrected chi connectivity index (χ3v) is 9.90. The molecule has 0 unspecified atom stereocenters. The van der Waals surface area contributed by atoms with Crippen LogP contribution in [0.25, 0.3) is 22.6 Å². The van der Waals surface area contributed by atoms with Gasteiger partial charge in [-0.05, 0) is 83.3 Å². The van der Waals surface area contributed by atoms with Crippen molar-refractivity contribution in [1.82, 2.24) is 34.0 Å². The molecule has 0 aliphatic heterocycles. The molecule has 43 heavy (non-hydrogen) atoms. The van der Waals surface area contributed by atoms with Crippen molar-refractivity contribution in [2.45, 2.75) is 68.9 Å². The number of nitrogens with zero attached hydrogens (tertiary/aromatic N) is 7. The Balaban J connectivity index is 1.27. The van der Waals surface area contributed by atoms with E-state index in [9.17, 15) is 13.5 Å². The van der Waals surface area contributed by atoms with Gasteiger partial charge >= 0.3 is 0 Å². The summed E-state index contributed by atoms with van der Waals surface area (Å²) in [4.78, 5) is 20.4. The molecule has 0 atom stereocenters. The van der Waals surface area contributed by atoms with Crippen LogP contribution >= 0.6 is 0 Å².